The molecule has 0 aliphatic carbocycles. The summed E-state index contributed by atoms with van der Waals surface area (Å²) < 4.78 is 22.3. The normalized spacial score (nSPS) is 27.8. The molecular weight excluding hydrogens is 859 g/mol. The second-order valence-corrected chi connectivity index (χ2v) is 16.0. The van der Waals surface area contributed by atoms with E-state index in [2.05, 4.69) is 0 Å². The number of anilines is 1. The number of fused-ring (bicyclic) bond motifs is 2. The van der Waals surface area contributed by atoms with Gasteiger partial charge in [-0.1, -0.05) is 59.6 Å². The van der Waals surface area contributed by atoms with Crippen molar-refractivity contribution in [2.75, 3.05) is 38.0 Å². The Balaban J connectivity index is 0.000000264. The first kappa shape index (κ1) is 50.2. The maximum absolute atomic E-state index is 12.2. The van der Waals surface area contributed by atoms with Crippen molar-refractivity contribution < 1.29 is 101 Å². The van der Waals surface area contributed by atoms with E-state index in [0.717, 1.165) is 27.3 Å². The predicted octanol–water partition coefficient (Wildman–Crippen LogP) is -0.820. The molecule has 8 rings (SSSR count). The van der Waals surface area contributed by atoms with Crippen LogP contribution in [0.3, 0.4) is 0 Å². The third kappa shape index (κ3) is 10.8. The number of benzene rings is 4. The van der Waals surface area contributed by atoms with Gasteiger partial charge in [-0.05, 0) is 82.6 Å². The Morgan fingerprint density at radius 2 is 1.11 bits per heavy atom. The number of nitrogens with zero attached hydrogens (tertiary/aromatic N) is 1. The molecule has 2 saturated heterocycles. The SMILES string of the molecule is O=C1CCOc2ccc(Cc3cc([C@@H]4O[C@H](CO)[C@@H](O)[C@H](O)[C@H]4O)ccc3Cl)cc21.OC[C@H]1O[C@@H](c2ccc(Cl)c(Cc3ccc4c(c3)N(O)CCO4)c2)[C@H](O)[C@@H](O)[C@@H]1O.[B].[H-].[Na+]. The third-order valence-corrected chi connectivity index (χ3v) is 11.9. The van der Waals surface area contributed by atoms with Crippen molar-refractivity contribution in [3.05, 3.63) is 122 Å². The summed E-state index contributed by atoms with van der Waals surface area (Å²) in [4.78, 5) is 12.2. The van der Waals surface area contributed by atoms with Crippen LogP contribution < -0.4 is 44.1 Å². The van der Waals surface area contributed by atoms with Gasteiger partial charge in [0.15, 0.2) is 5.78 Å². The summed E-state index contributed by atoms with van der Waals surface area (Å²) in [6.07, 6.45) is -11.0. The molecule has 4 aliphatic heterocycles. The molecule has 2 fully saturated rings. The van der Waals surface area contributed by atoms with Crippen molar-refractivity contribution in [2.45, 2.75) is 80.3 Å². The summed E-state index contributed by atoms with van der Waals surface area (Å²) in [7, 11) is 0. The van der Waals surface area contributed by atoms with Crippen molar-refractivity contribution >= 4 is 43.1 Å². The first-order valence-corrected chi connectivity index (χ1v) is 20.2. The molecule has 4 aromatic rings. The minimum atomic E-state index is -1.45. The van der Waals surface area contributed by atoms with Gasteiger partial charge in [0.25, 0.3) is 0 Å². The molecule has 0 spiro atoms. The smallest absolute Gasteiger partial charge is 1.00 e. The number of rotatable bonds is 8. The Bertz CT molecular complexity index is 2180. The molecule has 0 amide bonds. The molecule has 4 heterocycles. The molecule has 3 radical (unpaired) electrons. The van der Waals surface area contributed by atoms with Crippen LogP contribution in [0.25, 0.3) is 0 Å². The van der Waals surface area contributed by atoms with Crippen LogP contribution in [0.4, 0.5) is 5.69 Å². The van der Waals surface area contributed by atoms with Gasteiger partial charge < -0.3 is 61.2 Å². The van der Waals surface area contributed by atoms with Gasteiger partial charge in [-0.2, -0.15) is 0 Å². The maximum Gasteiger partial charge on any atom is 1.00 e. The van der Waals surface area contributed by atoms with E-state index in [0.29, 0.717) is 82.9 Å². The van der Waals surface area contributed by atoms with Crippen molar-refractivity contribution in [3.63, 3.8) is 0 Å². The fourth-order valence-corrected chi connectivity index (χ4v) is 8.16. The van der Waals surface area contributed by atoms with Crippen LogP contribution in [0.2, 0.25) is 10.0 Å². The molecule has 15 nitrogen and oxygen atoms in total. The number of ketones is 1. The van der Waals surface area contributed by atoms with Crippen LogP contribution >= 0.6 is 23.2 Å². The number of carbonyl (C=O) groups excluding carboxylic acids is 1. The minimum Gasteiger partial charge on any atom is -1.00 e. The van der Waals surface area contributed by atoms with Crippen molar-refractivity contribution in [3.8, 4) is 11.5 Å². The van der Waals surface area contributed by atoms with E-state index < -0.39 is 74.3 Å². The fraction of sp³-hybridized carbons (Fsp3) is 0.419. The molecule has 9 N–H and O–H groups in total. The number of hydroxylamine groups is 1. The average molecular weight is 908 g/mol. The van der Waals surface area contributed by atoms with E-state index in [9.17, 15) is 50.9 Å². The molecule has 0 saturated carbocycles. The van der Waals surface area contributed by atoms with Crippen LogP contribution in [0, 0.1) is 0 Å². The Hall–Kier alpha value is -2.85. The van der Waals surface area contributed by atoms with Gasteiger partial charge in [0.1, 0.15) is 84.8 Å². The minimum absolute atomic E-state index is 0. The Morgan fingerprint density at radius 1 is 0.629 bits per heavy atom. The predicted molar refractivity (Wildman–Crippen MR) is 223 cm³/mol. The maximum atomic E-state index is 12.2. The Labute approximate surface area is 393 Å². The molecule has 10 atom stereocenters. The standard InChI is InChI=1S/C22H23ClO7.C21H24ClNO7.B.Na.H/c23-15-3-2-12(22-21(28)20(27)19(26)18(10-24)30-22)9-13(15)7-11-1-4-17-14(8-11)16(25)5-6-29-17;22-14-3-2-12(21-20(27)19(26)18(25)17(10-24)30-21)9-13(14)7-11-1-4-16-15(8-11)23(28)5-6-29-16;;;/h1-4,8-9,18-22,24,26-28H,5-7,10H2;1-4,8-9,17-21,24-28H,5-7,10H2;;;/q;;;+1;-1/t18-,19-,20+,21-,22+;17-,18-,19+,20-,21+;;;/m11.../s1. The molecule has 0 unspecified atom stereocenters. The molecule has 327 valence electrons. The first-order valence-electron chi connectivity index (χ1n) is 19.5. The first-order chi connectivity index (χ1) is 28.8. The van der Waals surface area contributed by atoms with Gasteiger partial charge in [-0.15, -0.1) is 0 Å². The zero-order chi connectivity index (χ0) is 42.8. The quantitative estimate of drug-likeness (QED) is 0.0983. The van der Waals surface area contributed by atoms with Gasteiger partial charge in [0, 0.05) is 24.9 Å². The van der Waals surface area contributed by atoms with E-state index in [1.54, 1.807) is 54.6 Å². The van der Waals surface area contributed by atoms with Gasteiger partial charge in [0.05, 0.1) is 31.9 Å². The number of aliphatic hydroxyl groups is 8. The molecule has 4 aromatic carbocycles. The summed E-state index contributed by atoms with van der Waals surface area (Å²) >= 11 is 12.8. The van der Waals surface area contributed by atoms with E-state index in [1.807, 2.05) is 18.2 Å². The number of halogens is 2. The average Bonchev–Trinajstić information content (AvgIpc) is 3.25. The van der Waals surface area contributed by atoms with Crippen LogP contribution in [0.5, 0.6) is 11.5 Å². The fourth-order valence-electron chi connectivity index (χ4n) is 7.79. The van der Waals surface area contributed by atoms with E-state index in [1.165, 1.54) is 0 Å². The summed E-state index contributed by atoms with van der Waals surface area (Å²) in [6, 6.07) is 21.2. The second-order valence-electron chi connectivity index (χ2n) is 15.2. The van der Waals surface area contributed by atoms with Crippen LogP contribution in [-0.4, -0.2) is 142 Å². The molecule has 19 heteroatoms. The van der Waals surface area contributed by atoms with Gasteiger partial charge in [-0.25, -0.2) is 5.06 Å². The topological polar surface area (TPSA) is 239 Å². The Morgan fingerprint density at radius 3 is 1.63 bits per heavy atom. The zero-order valence-electron chi connectivity index (χ0n) is 34.7. The number of hydrogen-bond donors (Lipinski definition) is 9. The van der Waals surface area contributed by atoms with Crippen LogP contribution in [-0.2, 0) is 22.3 Å². The van der Waals surface area contributed by atoms with E-state index >= 15 is 0 Å². The van der Waals surface area contributed by atoms with Crippen LogP contribution in [0.1, 0.15) is 63.8 Å². The van der Waals surface area contributed by atoms with Gasteiger partial charge in [-0.3, -0.25) is 10.0 Å². The number of Topliss-reactive ketones (excluding diaryl/α,β-unsaturated/α-hetero) is 1. The number of carbonyl (C=O) groups is 1. The molecule has 0 bridgehead atoms. The number of ether oxygens (including phenoxy) is 4. The van der Waals surface area contributed by atoms with Crippen LogP contribution in [0.15, 0.2) is 72.8 Å². The van der Waals surface area contributed by atoms with Crippen molar-refractivity contribution in [2.24, 2.45) is 0 Å². The summed E-state index contributed by atoms with van der Waals surface area (Å²) in [5.41, 5.74) is 5.54. The van der Waals surface area contributed by atoms with Gasteiger partial charge >= 0.3 is 29.6 Å². The third-order valence-electron chi connectivity index (χ3n) is 11.2. The van der Waals surface area contributed by atoms with Crippen molar-refractivity contribution in [1.82, 2.24) is 0 Å². The Kier molecular flexibility index (Phi) is 17.7. The number of hydrogen-bond acceptors (Lipinski definition) is 15. The molecule has 62 heavy (non-hydrogen) atoms. The molecular formula is C43H48BCl2NNaO14. The monoisotopic (exact) mass is 906 g/mol. The number of aliphatic hydroxyl groups excluding tert-OH is 8. The zero-order valence-corrected chi connectivity index (χ0v) is 37.2. The van der Waals surface area contributed by atoms with Gasteiger partial charge in [0.2, 0.25) is 0 Å². The van der Waals surface area contributed by atoms with Crippen molar-refractivity contribution in [1.29, 1.82) is 0 Å². The molecule has 4 aliphatic rings. The summed E-state index contributed by atoms with van der Waals surface area (Å²) in [5, 5.41) is 91.9. The summed E-state index contributed by atoms with van der Waals surface area (Å²) in [5.74, 6) is 1.23. The summed E-state index contributed by atoms with van der Waals surface area (Å²) in [6.45, 7) is 0.196. The molecule has 0 aromatic heterocycles. The second kappa shape index (κ2) is 21.9. The van der Waals surface area contributed by atoms with E-state index in [4.69, 9.17) is 42.1 Å². The van der Waals surface area contributed by atoms with E-state index in [-0.39, 0.29) is 45.2 Å². The largest absolute Gasteiger partial charge is 1.00 e.